The molecule has 1 atom stereocenters. The first-order chi connectivity index (χ1) is 8.11. The van der Waals surface area contributed by atoms with Gasteiger partial charge in [0.25, 0.3) is 5.96 Å². The molecule has 0 aromatic heterocycles. The van der Waals surface area contributed by atoms with E-state index in [0.29, 0.717) is 11.9 Å². The van der Waals surface area contributed by atoms with E-state index in [0.717, 1.165) is 16.6 Å². The second-order valence-electron chi connectivity index (χ2n) is 3.76. The van der Waals surface area contributed by atoms with Crippen LogP contribution in [0.2, 0.25) is 0 Å². The van der Waals surface area contributed by atoms with Gasteiger partial charge in [0.2, 0.25) is 0 Å². The van der Waals surface area contributed by atoms with Crippen LogP contribution in [0.25, 0.3) is 0 Å². The zero-order valence-electron chi connectivity index (χ0n) is 9.90. The first-order valence-electron chi connectivity index (χ1n) is 5.39. The van der Waals surface area contributed by atoms with Crippen molar-refractivity contribution in [3.05, 3.63) is 28.7 Å². The number of nitrogens with two attached hydrogens (primary N) is 2. The lowest BCUT2D eigenvalue weighted by Crippen LogP contribution is -3.00. The van der Waals surface area contributed by atoms with Crippen LogP contribution < -0.4 is 29.2 Å². The van der Waals surface area contributed by atoms with E-state index in [2.05, 4.69) is 26.2 Å². The van der Waals surface area contributed by atoms with E-state index in [4.69, 9.17) is 11.5 Å². The summed E-state index contributed by atoms with van der Waals surface area (Å²) in [4.78, 5) is 4.33. The molecule has 5 N–H and O–H groups in total. The number of benzene rings is 1. The van der Waals surface area contributed by atoms with Gasteiger partial charge in [-0.1, -0.05) is 22.9 Å². The molecule has 1 aliphatic heterocycles. The number of nitrogens with zero attached hydrogens (tertiary/aromatic N) is 2. The SMILES string of the molecule is CCC1N=C(N)NC(N)=[N+]1c1ccc(Br)cc1.[Cl-]. The lowest BCUT2D eigenvalue weighted by atomic mass is 10.2. The van der Waals surface area contributed by atoms with Crippen molar-refractivity contribution < 1.29 is 17.0 Å². The minimum Gasteiger partial charge on any atom is -1.00 e. The minimum atomic E-state index is -0.0579. The zero-order chi connectivity index (χ0) is 12.4. The fourth-order valence-electron chi connectivity index (χ4n) is 1.79. The van der Waals surface area contributed by atoms with Gasteiger partial charge in [-0.05, 0) is 30.7 Å². The van der Waals surface area contributed by atoms with Gasteiger partial charge in [-0.15, -0.1) is 0 Å². The lowest BCUT2D eigenvalue weighted by Gasteiger charge is -2.21. The Hall–Kier alpha value is -1.27. The summed E-state index contributed by atoms with van der Waals surface area (Å²) in [5.74, 6) is 0.870. The average molecular weight is 333 g/mol. The molecule has 1 unspecified atom stereocenters. The second kappa shape index (κ2) is 6.06. The van der Waals surface area contributed by atoms with Gasteiger partial charge in [0.05, 0.1) is 0 Å². The monoisotopic (exact) mass is 331 g/mol. The highest BCUT2D eigenvalue weighted by atomic mass is 79.9. The Morgan fingerprint density at radius 2 is 1.94 bits per heavy atom. The number of halogens is 2. The van der Waals surface area contributed by atoms with Crippen LogP contribution in [-0.2, 0) is 0 Å². The van der Waals surface area contributed by atoms with Crippen molar-refractivity contribution in [1.29, 1.82) is 0 Å². The van der Waals surface area contributed by atoms with Gasteiger partial charge in [-0.25, -0.2) is 9.89 Å². The molecule has 98 valence electrons. The van der Waals surface area contributed by atoms with E-state index in [1.165, 1.54) is 0 Å². The van der Waals surface area contributed by atoms with E-state index in [1.807, 2.05) is 35.8 Å². The van der Waals surface area contributed by atoms with Crippen molar-refractivity contribution >= 4 is 33.5 Å². The van der Waals surface area contributed by atoms with Gasteiger partial charge in [-0.2, -0.15) is 4.99 Å². The van der Waals surface area contributed by atoms with E-state index in [1.54, 1.807) is 0 Å². The molecule has 0 amide bonds. The quantitative estimate of drug-likeness (QED) is 0.552. The summed E-state index contributed by atoms with van der Waals surface area (Å²) in [6, 6.07) is 7.91. The maximum atomic E-state index is 5.96. The molecule has 0 saturated heterocycles. The third-order valence-electron chi connectivity index (χ3n) is 2.57. The number of guanidine groups is 2. The van der Waals surface area contributed by atoms with Gasteiger partial charge >= 0.3 is 5.96 Å². The van der Waals surface area contributed by atoms with Gasteiger partial charge in [0.15, 0.2) is 6.17 Å². The third-order valence-corrected chi connectivity index (χ3v) is 3.10. The zero-order valence-corrected chi connectivity index (χ0v) is 12.2. The summed E-state index contributed by atoms with van der Waals surface area (Å²) in [7, 11) is 0. The number of nitrogens with one attached hydrogen (secondary N) is 1. The predicted octanol–water partition coefficient (Wildman–Crippen LogP) is -1.93. The average Bonchev–Trinajstić information content (AvgIpc) is 2.30. The maximum absolute atomic E-state index is 5.96. The van der Waals surface area contributed by atoms with Crippen LogP contribution in [0.1, 0.15) is 13.3 Å². The standard InChI is InChI=1S/C11H14BrN5.ClH/c1-2-9-15-10(13)16-11(14)17(9)8-5-3-7(12)4-6-8;/h3-6,9H,2H2,1H3,(H4,13,14,15,16);1H. The molecule has 1 heterocycles. The molecule has 0 aliphatic carbocycles. The highest BCUT2D eigenvalue weighted by Gasteiger charge is 2.25. The smallest absolute Gasteiger partial charge is 0.357 e. The van der Waals surface area contributed by atoms with Crippen LogP contribution in [0, 0.1) is 0 Å². The van der Waals surface area contributed by atoms with Crippen molar-refractivity contribution in [2.75, 3.05) is 0 Å². The largest absolute Gasteiger partial charge is 1.00 e. The van der Waals surface area contributed by atoms with Gasteiger partial charge in [0.1, 0.15) is 5.69 Å². The normalized spacial score (nSPS) is 18.8. The van der Waals surface area contributed by atoms with Crippen LogP contribution >= 0.6 is 15.9 Å². The van der Waals surface area contributed by atoms with Gasteiger partial charge in [-0.3, -0.25) is 5.73 Å². The van der Waals surface area contributed by atoms with Gasteiger partial charge in [0, 0.05) is 4.47 Å². The van der Waals surface area contributed by atoms with Crippen LogP contribution in [0.5, 0.6) is 0 Å². The minimum absolute atomic E-state index is 0. The molecule has 1 aromatic carbocycles. The Labute approximate surface area is 121 Å². The molecule has 5 nitrogen and oxygen atoms in total. The fraction of sp³-hybridized carbons (Fsp3) is 0.273. The number of hydrogen-bond donors (Lipinski definition) is 3. The summed E-state index contributed by atoms with van der Waals surface area (Å²) in [6.45, 7) is 2.05. The molecule has 2 rings (SSSR count). The van der Waals surface area contributed by atoms with Crippen LogP contribution in [-0.4, -0.2) is 22.7 Å². The predicted molar refractivity (Wildman–Crippen MR) is 72.1 cm³/mol. The Kier molecular flexibility index (Phi) is 4.98. The molecule has 18 heavy (non-hydrogen) atoms. The molecular weight excluding hydrogens is 318 g/mol. The number of aliphatic imine (C=N–C) groups is 1. The van der Waals surface area contributed by atoms with Crippen LogP contribution in [0.4, 0.5) is 5.69 Å². The van der Waals surface area contributed by atoms with Gasteiger partial charge < -0.3 is 18.1 Å². The summed E-state index contributed by atoms with van der Waals surface area (Å²) in [5, 5.41) is 2.84. The van der Waals surface area contributed by atoms with Crippen LogP contribution in [0.15, 0.2) is 33.7 Å². The highest BCUT2D eigenvalue weighted by molar-refractivity contribution is 9.10. The lowest BCUT2D eigenvalue weighted by molar-refractivity contribution is -0.488. The first-order valence-corrected chi connectivity index (χ1v) is 6.18. The molecule has 1 aromatic rings. The summed E-state index contributed by atoms with van der Waals surface area (Å²) < 4.78 is 2.96. The molecular formula is C11H15BrClN5. The van der Waals surface area contributed by atoms with Crippen LogP contribution in [0.3, 0.4) is 0 Å². The van der Waals surface area contributed by atoms with Crippen molar-refractivity contribution in [3.63, 3.8) is 0 Å². The Morgan fingerprint density at radius 1 is 1.33 bits per heavy atom. The maximum Gasteiger partial charge on any atom is 0.357 e. The summed E-state index contributed by atoms with van der Waals surface area (Å²) in [5.41, 5.74) is 12.6. The molecule has 7 heteroatoms. The highest BCUT2D eigenvalue weighted by Crippen LogP contribution is 2.20. The molecule has 0 spiro atoms. The fourth-order valence-corrected chi connectivity index (χ4v) is 2.05. The van der Waals surface area contributed by atoms with E-state index >= 15 is 0 Å². The Balaban J connectivity index is 0.00000162. The van der Waals surface area contributed by atoms with E-state index in [-0.39, 0.29) is 18.6 Å². The summed E-state index contributed by atoms with van der Waals surface area (Å²) >= 11 is 3.41. The summed E-state index contributed by atoms with van der Waals surface area (Å²) in [6.07, 6.45) is 0.775. The Morgan fingerprint density at radius 3 is 2.50 bits per heavy atom. The number of rotatable bonds is 2. The number of hydrogen-bond acceptors (Lipinski definition) is 4. The van der Waals surface area contributed by atoms with Crippen molar-refractivity contribution in [3.8, 4) is 0 Å². The molecule has 0 saturated carbocycles. The Bertz CT molecular complexity index is 483. The second-order valence-corrected chi connectivity index (χ2v) is 4.68. The molecule has 0 radical (unpaired) electrons. The van der Waals surface area contributed by atoms with E-state index in [9.17, 15) is 0 Å². The molecule has 0 bridgehead atoms. The van der Waals surface area contributed by atoms with Crippen molar-refractivity contribution in [1.82, 2.24) is 5.32 Å². The molecule has 1 aliphatic rings. The first kappa shape index (κ1) is 14.8. The van der Waals surface area contributed by atoms with Crippen molar-refractivity contribution in [2.24, 2.45) is 16.5 Å². The molecule has 0 fully saturated rings. The topological polar surface area (TPSA) is 79.4 Å². The third kappa shape index (κ3) is 2.94. The van der Waals surface area contributed by atoms with E-state index < -0.39 is 0 Å². The van der Waals surface area contributed by atoms with Crippen molar-refractivity contribution in [2.45, 2.75) is 19.5 Å².